The molecule has 2 rings (SSSR count). The minimum Gasteiger partial charge on any atom is -0.488 e. The second-order valence-corrected chi connectivity index (χ2v) is 10.1. The third kappa shape index (κ3) is 7.56. The molecule has 0 N–H and O–H groups in total. The number of carbonyl (C=O) groups excluding carboxylic acids is 1. The molecule has 1 aromatic rings. The number of ether oxygens (including phenoxy) is 2. The Morgan fingerprint density at radius 1 is 1.03 bits per heavy atom. The maximum Gasteiger partial charge on any atom is 0.185 e. The number of hydrogen-bond acceptors (Lipinski definition) is 4. The van der Waals surface area contributed by atoms with Crippen LogP contribution in [-0.4, -0.2) is 21.8 Å². The number of ketones is 1. The highest BCUT2D eigenvalue weighted by Crippen LogP contribution is 2.35. The van der Waals surface area contributed by atoms with Crippen molar-refractivity contribution in [2.75, 3.05) is 0 Å². The van der Waals surface area contributed by atoms with Crippen LogP contribution in [0.2, 0.25) is 0 Å². The van der Waals surface area contributed by atoms with E-state index < -0.39 is 0 Å². The van der Waals surface area contributed by atoms with Crippen LogP contribution in [0.15, 0.2) is 42.0 Å². The smallest absolute Gasteiger partial charge is 0.185 e. The molecule has 1 aromatic carbocycles. The van der Waals surface area contributed by atoms with E-state index in [9.17, 15) is 4.79 Å². The summed E-state index contributed by atoms with van der Waals surface area (Å²) in [5.74, 6) is 1.50. The predicted octanol–water partition coefficient (Wildman–Crippen LogP) is 6.83. The molecule has 0 fully saturated rings. The second kappa shape index (κ2) is 9.74. The van der Waals surface area contributed by atoms with Gasteiger partial charge >= 0.3 is 0 Å². The molecule has 0 saturated carbocycles. The van der Waals surface area contributed by atoms with Crippen LogP contribution in [0, 0.1) is 0 Å². The van der Waals surface area contributed by atoms with Crippen LogP contribution in [-0.2, 0) is 11.2 Å². The lowest BCUT2D eigenvalue weighted by molar-refractivity contribution is -0.111. The predicted molar refractivity (Wildman–Crippen MR) is 130 cm³/mol. The van der Waals surface area contributed by atoms with E-state index in [1.54, 1.807) is 12.2 Å². The monoisotopic (exact) mass is 426 g/mol. The molecule has 0 spiro atoms. The quantitative estimate of drug-likeness (QED) is 0.353. The molecule has 1 aliphatic carbocycles. The van der Waals surface area contributed by atoms with Crippen molar-refractivity contribution in [3.8, 4) is 11.5 Å². The maximum atomic E-state index is 12.6. The first-order chi connectivity index (χ1) is 13.9. The standard InChI is InChI=1S/C26H34O3S/c1-8-9-19-16-20(12-15-22(27)18-10-13-21(30)14-11-18)24(29-26(5,6)7)17-23(19)28-25(2,3)4/h10-13,15-17H,8-9,14H2,1-7H3. The van der Waals surface area contributed by atoms with E-state index in [1.165, 1.54) is 0 Å². The Morgan fingerprint density at radius 2 is 1.67 bits per heavy atom. The van der Waals surface area contributed by atoms with Gasteiger partial charge in [-0.3, -0.25) is 4.79 Å². The van der Waals surface area contributed by atoms with E-state index in [1.807, 2.05) is 65.8 Å². The molecule has 0 atom stereocenters. The van der Waals surface area contributed by atoms with Gasteiger partial charge in [-0.25, -0.2) is 0 Å². The lowest BCUT2D eigenvalue weighted by atomic mass is 10.0. The number of allylic oxidation sites excluding steroid dienone is 5. The van der Waals surface area contributed by atoms with Gasteiger partial charge in [-0.05, 0) is 77.8 Å². The zero-order valence-electron chi connectivity index (χ0n) is 19.3. The summed E-state index contributed by atoms with van der Waals surface area (Å²) < 4.78 is 12.4. The minimum atomic E-state index is -0.373. The summed E-state index contributed by atoms with van der Waals surface area (Å²) in [7, 11) is 0. The fraction of sp³-hybridized carbons (Fsp3) is 0.462. The van der Waals surface area contributed by atoms with Gasteiger partial charge in [-0.1, -0.05) is 37.7 Å². The molecule has 0 bridgehead atoms. The SMILES string of the molecule is CCCc1cc(C=CC(=O)C2=CCC(=S)C=C2)c(OC(C)(C)C)cc1OC(C)(C)C. The van der Waals surface area contributed by atoms with E-state index in [-0.39, 0.29) is 17.0 Å². The van der Waals surface area contributed by atoms with Crippen molar-refractivity contribution in [3.63, 3.8) is 0 Å². The van der Waals surface area contributed by atoms with Crippen molar-refractivity contribution < 1.29 is 14.3 Å². The highest BCUT2D eigenvalue weighted by Gasteiger charge is 2.20. The van der Waals surface area contributed by atoms with Crippen LogP contribution in [0.5, 0.6) is 11.5 Å². The van der Waals surface area contributed by atoms with Crippen molar-refractivity contribution in [2.24, 2.45) is 0 Å². The van der Waals surface area contributed by atoms with Crippen LogP contribution in [0.4, 0.5) is 0 Å². The van der Waals surface area contributed by atoms with E-state index >= 15 is 0 Å². The highest BCUT2D eigenvalue weighted by atomic mass is 32.1. The molecule has 162 valence electrons. The zero-order valence-corrected chi connectivity index (χ0v) is 20.1. The Morgan fingerprint density at radius 3 is 2.20 bits per heavy atom. The molecule has 3 nitrogen and oxygen atoms in total. The van der Waals surface area contributed by atoms with Gasteiger partial charge in [-0.2, -0.15) is 0 Å². The molecule has 0 amide bonds. The van der Waals surface area contributed by atoms with Crippen molar-refractivity contribution in [1.82, 2.24) is 0 Å². The zero-order chi connectivity index (χ0) is 22.5. The van der Waals surface area contributed by atoms with Crippen LogP contribution < -0.4 is 9.47 Å². The lowest BCUT2D eigenvalue weighted by Gasteiger charge is -2.27. The van der Waals surface area contributed by atoms with Crippen molar-refractivity contribution in [3.05, 3.63) is 53.1 Å². The van der Waals surface area contributed by atoms with Crippen LogP contribution in [0.1, 0.15) is 72.4 Å². The van der Waals surface area contributed by atoms with Crippen molar-refractivity contribution in [1.29, 1.82) is 0 Å². The largest absolute Gasteiger partial charge is 0.488 e. The molecule has 1 aliphatic rings. The molecule has 30 heavy (non-hydrogen) atoms. The average Bonchev–Trinajstić information content (AvgIpc) is 2.60. The van der Waals surface area contributed by atoms with Crippen molar-refractivity contribution >= 4 is 28.9 Å². The van der Waals surface area contributed by atoms with Gasteiger partial charge in [-0.15, -0.1) is 0 Å². The van der Waals surface area contributed by atoms with E-state index in [0.717, 1.165) is 34.6 Å². The molecule has 0 aliphatic heterocycles. The van der Waals surface area contributed by atoms with Gasteiger partial charge in [0.15, 0.2) is 5.78 Å². The topological polar surface area (TPSA) is 35.5 Å². The van der Waals surface area contributed by atoms with E-state index in [4.69, 9.17) is 21.7 Å². The fourth-order valence-corrected chi connectivity index (χ4v) is 3.19. The summed E-state index contributed by atoms with van der Waals surface area (Å²) in [6.07, 6.45) is 11.5. The second-order valence-electron chi connectivity index (χ2n) is 9.54. The van der Waals surface area contributed by atoms with Gasteiger partial charge in [0.2, 0.25) is 0 Å². The first kappa shape index (κ1) is 24.1. The highest BCUT2D eigenvalue weighted by molar-refractivity contribution is 7.80. The van der Waals surface area contributed by atoms with Crippen molar-refractivity contribution in [2.45, 2.75) is 78.9 Å². The Balaban J connectivity index is 2.44. The van der Waals surface area contributed by atoms with Crippen LogP contribution in [0.3, 0.4) is 0 Å². The molecule has 4 heteroatoms. The van der Waals surface area contributed by atoms with E-state index in [0.29, 0.717) is 17.7 Å². The number of rotatable bonds is 7. The first-order valence-electron chi connectivity index (χ1n) is 10.6. The number of aryl methyl sites for hydroxylation is 1. The first-order valence-corrected chi connectivity index (χ1v) is 11.0. The molecular weight excluding hydrogens is 392 g/mol. The van der Waals surface area contributed by atoms with Gasteiger partial charge in [0.25, 0.3) is 0 Å². The summed E-state index contributed by atoms with van der Waals surface area (Å²) in [4.78, 5) is 13.5. The Kier molecular flexibility index (Phi) is 7.81. The van der Waals surface area contributed by atoms with Crippen LogP contribution in [0.25, 0.3) is 6.08 Å². The number of thiocarbonyl (C=S) groups is 1. The summed E-state index contributed by atoms with van der Waals surface area (Å²) in [6.45, 7) is 14.3. The average molecular weight is 427 g/mol. The van der Waals surface area contributed by atoms with Gasteiger partial charge in [0.05, 0.1) is 0 Å². The molecule has 0 radical (unpaired) electrons. The summed E-state index contributed by atoms with van der Waals surface area (Å²) >= 11 is 5.15. The molecule has 0 saturated heterocycles. The molecular formula is C26H34O3S. The van der Waals surface area contributed by atoms with Gasteiger partial charge in [0, 0.05) is 28.5 Å². The lowest BCUT2D eigenvalue weighted by Crippen LogP contribution is -2.25. The summed E-state index contributed by atoms with van der Waals surface area (Å²) in [6, 6.07) is 4.04. The Labute approximate surface area is 186 Å². The summed E-state index contributed by atoms with van der Waals surface area (Å²) in [5.41, 5.74) is 1.97. The van der Waals surface area contributed by atoms with Gasteiger partial charge < -0.3 is 9.47 Å². The number of hydrogen-bond donors (Lipinski definition) is 0. The maximum absolute atomic E-state index is 12.6. The third-order valence-corrected chi connectivity index (χ3v) is 4.52. The van der Waals surface area contributed by atoms with Gasteiger partial charge in [0.1, 0.15) is 22.7 Å². The van der Waals surface area contributed by atoms with Crippen LogP contribution >= 0.6 is 12.2 Å². The normalized spacial score (nSPS) is 14.8. The molecule has 0 heterocycles. The molecule has 0 aromatic heterocycles. The number of benzene rings is 1. The van der Waals surface area contributed by atoms with E-state index in [2.05, 4.69) is 13.0 Å². The Hall–Kier alpha value is -2.20. The Bertz CT molecular complexity index is 890. The fourth-order valence-electron chi connectivity index (χ4n) is 3.04. The number of carbonyl (C=O) groups is 1. The minimum absolute atomic E-state index is 0.0393. The third-order valence-electron chi connectivity index (χ3n) is 4.22. The molecule has 0 unspecified atom stereocenters. The summed E-state index contributed by atoms with van der Waals surface area (Å²) in [5, 5.41) is 0.